The summed E-state index contributed by atoms with van der Waals surface area (Å²) in [4.78, 5) is 12.2. The van der Waals surface area contributed by atoms with Crippen LogP contribution in [0.1, 0.15) is 0 Å². The van der Waals surface area contributed by atoms with E-state index in [1.807, 2.05) is 0 Å². The van der Waals surface area contributed by atoms with E-state index in [2.05, 4.69) is 4.94 Å². The summed E-state index contributed by atoms with van der Waals surface area (Å²) in [6.45, 7) is 0. The number of sulfonamides is 1. The minimum atomic E-state index is -5.02. The van der Waals surface area contributed by atoms with Crippen molar-refractivity contribution in [2.24, 2.45) is 0 Å². The fourth-order valence-corrected chi connectivity index (χ4v) is 0.660. The van der Waals surface area contributed by atoms with Crippen molar-refractivity contribution in [3.05, 3.63) is 0 Å². The molecule has 0 spiro atoms. The largest absolute Gasteiger partial charge is 0.365 e. The van der Waals surface area contributed by atoms with Crippen LogP contribution in [0.5, 0.6) is 0 Å². The maximum atomic E-state index is 11.2. The molecule has 11 heavy (non-hydrogen) atoms. The Bertz CT molecular complexity index is 236. The molecule has 0 aliphatic heterocycles. The summed E-state index contributed by atoms with van der Waals surface area (Å²) < 4.78 is 51.1. The lowest BCUT2D eigenvalue weighted by Gasteiger charge is -1.98. The smallest absolute Gasteiger partial charge is 0.254 e. The highest BCUT2D eigenvalue weighted by molar-refractivity contribution is 7.89. The summed E-state index contributed by atoms with van der Waals surface area (Å²) in [5.74, 6) is -3.62. The fraction of sp³-hybridized carbons (Fsp3) is 0.500. The van der Waals surface area contributed by atoms with Crippen molar-refractivity contribution >= 4 is 16.0 Å². The van der Waals surface area contributed by atoms with E-state index in [9.17, 15) is 26.7 Å². The molecular weight excluding hydrogens is 191 g/mol. The Morgan fingerprint density at radius 2 is 1.91 bits per heavy atom. The van der Waals surface area contributed by atoms with Gasteiger partial charge in [0.05, 0.1) is 0 Å². The highest BCUT2D eigenvalue weighted by Crippen LogP contribution is 2.02. The van der Waals surface area contributed by atoms with Gasteiger partial charge in [-0.05, 0) is 0 Å². The van der Waals surface area contributed by atoms with Gasteiger partial charge in [-0.2, -0.15) is 0 Å². The van der Waals surface area contributed by atoms with Gasteiger partial charge in [-0.3, -0.25) is 4.94 Å². The third-order valence-electron chi connectivity index (χ3n) is 0.597. The average molecular weight is 193 g/mol. The molecule has 0 atom stereocenters. The van der Waals surface area contributed by atoms with Crippen LogP contribution >= 0.6 is 0 Å². The van der Waals surface area contributed by atoms with E-state index in [1.165, 1.54) is 0 Å². The summed E-state index contributed by atoms with van der Waals surface area (Å²) >= 11 is 0. The van der Waals surface area contributed by atoms with E-state index in [4.69, 9.17) is 0 Å². The molecule has 0 fully saturated rings. The lowest BCUT2D eigenvalue weighted by molar-refractivity contribution is -0.180. The second kappa shape index (κ2) is 3.53. The first-order valence-electron chi connectivity index (χ1n) is 2.06. The second-order valence-corrected chi connectivity index (χ2v) is 3.11. The predicted octanol–water partition coefficient (Wildman–Crippen LogP) is -0.185. The Morgan fingerprint density at radius 1 is 1.45 bits per heavy atom. The zero-order valence-electron chi connectivity index (χ0n) is 4.83. The fourth-order valence-electron chi connectivity index (χ4n) is 0.220. The molecule has 0 aromatic heterocycles. The Labute approximate surface area is 59.2 Å². The number of hydrogen-bond donors (Lipinski definition) is 0. The molecule has 0 heterocycles. The highest BCUT2D eigenvalue weighted by Gasteiger charge is 2.27. The third kappa shape index (κ3) is 3.18. The lowest BCUT2D eigenvalue weighted by Crippen LogP contribution is -2.24. The summed E-state index contributed by atoms with van der Waals surface area (Å²) in [5.41, 5.74) is 0. The summed E-state index contributed by atoms with van der Waals surface area (Å²) in [6.07, 6.45) is 0. The molecular formula is C2H2F3NO4S. The molecule has 66 valence electrons. The molecule has 0 saturated heterocycles. The van der Waals surface area contributed by atoms with Crippen molar-refractivity contribution in [3.8, 4) is 0 Å². The molecule has 0 aliphatic carbocycles. The summed E-state index contributed by atoms with van der Waals surface area (Å²) in [6, 6.07) is 0. The first kappa shape index (κ1) is 10.2. The summed E-state index contributed by atoms with van der Waals surface area (Å²) in [5, 5.41) is 0. The Morgan fingerprint density at radius 3 is 2.18 bits per heavy atom. The molecule has 5 nitrogen and oxygen atoms in total. The third-order valence-corrected chi connectivity index (χ3v) is 1.62. The van der Waals surface area contributed by atoms with E-state index in [1.54, 1.807) is 0 Å². The number of rotatable bonds is 3. The standard InChI is InChI=1S/C2H2F3NO4S/c3-6(4)11(8,9)1-2(7)10-5/h1H2. The number of carbonyl (C=O) groups is 1. The predicted molar refractivity (Wildman–Crippen MR) is 25.0 cm³/mol. The number of nitrogens with zero attached hydrogens (tertiary/aromatic N) is 1. The second-order valence-electron chi connectivity index (χ2n) is 1.38. The Balaban J connectivity index is 4.27. The molecule has 0 N–H and O–H groups in total. The summed E-state index contributed by atoms with van der Waals surface area (Å²) in [7, 11) is -5.02. The van der Waals surface area contributed by atoms with Crippen molar-refractivity contribution in [2.75, 3.05) is 5.75 Å². The van der Waals surface area contributed by atoms with Gasteiger partial charge in [0.2, 0.25) is 0 Å². The zero-order chi connectivity index (χ0) is 9.07. The van der Waals surface area contributed by atoms with E-state index in [0.717, 1.165) is 0 Å². The molecule has 0 aliphatic rings. The van der Waals surface area contributed by atoms with Crippen molar-refractivity contribution in [3.63, 3.8) is 0 Å². The normalized spacial score (nSPS) is 11.6. The van der Waals surface area contributed by atoms with Gasteiger partial charge in [-0.1, -0.05) is 8.96 Å². The highest BCUT2D eigenvalue weighted by atomic mass is 32.2. The maximum absolute atomic E-state index is 11.2. The van der Waals surface area contributed by atoms with Gasteiger partial charge in [0.25, 0.3) is 10.0 Å². The zero-order valence-corrected chi connectivity index (χ0v) is 5.65. The van der Waals surface area contributed by atoms with E-state index < -0.39 is 26.5 Å². The van der Waals surface area contributed by atoms with Crippen molar-refractivity contribution in [1.29, 1.82) is 0 Å². The SMILES string of the molecule is O=C(CS(=O)(=O)N(F)F)OF. The minimum absolute atomic E-state index is 1.73. The van der Waals surface area contributed by atoms with E-state index in [0.29, 0.717) is 0 Å². The molecule has 0 aromatic rings. The average Bonchev–Trinajstić information content (AvgIpc) is 1.86. The minimum Gasteiger partial charge on any atom is -0.254 e. The monoisotopic (exact) mass is 193 g/mol. The van der Waals surface area contributed by atoms with Crippen LogP contribution in [0, 0.1) is 0 Å². The van der Waals surface area contributed by atoms with Crippen LogP contribution in [-0.2, 0) is 19.8 Å². The topological polar surface area (TPSA) is 63.7 Å². The number of hydrogen-bond acceptors (Lipinski definition) is 4. The molecule has 0 saturated carbocycles. The molecule has 0 radical (unpaired) electrons. The molecule has 9 heteroatoms. The molecule has 0 aromatic carbocycles. The molecule has 0 amide bonds. The molecule has 0 bridgehead atoms. The first-order valence-corrected chi connectivity index (χ1v) is 3.67. The van der Waals surface area contributed by atoms with Crippen LogP contribution in [-0.4, -0.2) is 24.9 Å². The van der Waals surface area contributed by atoms with Crippen LogP contribution in [0.3, 0.4) is 0 Å². The first-order chi connectivity index (χ1) is 4.90. The van der Waals surface area contributed by atoms with Gasteiger partial charge in [0, 0.05) is 4.53 Å². The molecule has 0 unspecified atom stereocenters. The van der Waals surface area contributed by atoms with E-state index in [-0.39, 0.29) is 0 Å². The van der Waals surface area contributed by atoms with Crippen molar-refractivity contribution in [1.82, 2.24) is 4.75 Å². The van der Waals surface area contributed by atoms with Crippen LogP contribution in [0.25, 0.3) is 0 Å². The Hall–Kier alpha value is -0.830. The molecule has 0 rings (SSSR count). The van der Waals surface area contributed by atoms with Crippen LogP contribution in [0.4, 0.5) is 13.5 Å². The van der Waals surface area contributed by atoms with Gasteiger partial charge in [0.15, 0.2) is 5.75 Å². The van der Waals surface area contributed by atoms with Gasteiger partial charge < -0.3 is 0 Å². The van der Waals surface area contributed by atoms with Crippen LogP contribution < -0.4 is 0 Å². The number of halogens is 3. The quantitative estimate of drug-likeness (QED) is 0.583. The van der Waals surface area contributed by atoms with Crippen LogP contribution in [0.2, 0.25) is 0 Å². The van der Waals surface area contributed by atoms with Crippen molar-refractivity contribution in [2.45, 2.75) is 0 Å². The van der Waals surface area contributed by atoms with Gasteiger partial charge in [-0.15, -0.1) is 0 Å². The lowest BCUT2D eigenvalue weighted by atomic mass is 10.8. The maximum Gasteiger partial charge on any atom is 0.365 e. The van der Waals surface area contributed by atoms with Gasteiger partial charge >= 0.3 is 5.97 Å². The van der Waals surface area contributed by atoms with Gasteiger partial charge in [-0.25, -0.2) is 13.2 Å². The number of carbonyl (C=O) groups excluding carboxylic acids is 1. The van der Waals surface area contributed by atoms with Gasteiger partial charge in [0.1, 0.15) is 4.75 Å². The Kier molecular flexibility index (Phi) is 3.26. The van der Waals surface area contributed by atoms with E-state index >= 15 is 0 Å². The van der Waals surface area contributed by atoms with Crippen molar-refractivity contribution < 1.29 is 31.6 Å². The van der Waals surface area contributed by atoms with Crippen LogP contribution in [0.15, 0.2) is 0 Å².